The monoisotopic (exact) mass is 347 g/mol. The molecule has 0 N–H and O–H groups in total. The minimum absolute atomic E-state index is 0.0177. The normalized spacial score (nSPS) is 10.8. The van der Waals surface area contributed by atoms with Crippen LogP contribution in [0.15, 0.2) is 65.4 Å². The van der Waals surface area contributed by atoms with E-state index in [1.54, 1.807) is 18.0 Å². The first-order valence-electron chi connectivity index (χ1n) is 7.78. The third-order valence-corrected chi connectivity index (χ3v) is 4.03. The molecule has 0 aliphatic rings. The number of aromatic nitrogens is 3. The van der Waals surface area contributed by atoms with Gasteiger partial charge in [0.1, 0.15) is 17.8 Å². The van der Waals surface area contributed by atoms with Crippen molar-refractivity contribution in [3.05, 3.63) is 71.0 Å². The minimum Gasteiger partial charge on any atom is -0.338 e. The lowest BCUT2D eigenvalue weighted by atomic mass is 10.1. The Hall–Kier alpha value is -3.81. The fraction of sp³-hybridized carbons (Fsp3) is 0.0556. The smallest absolute Gasteiger partial charge is 0.271 e. The van der Waals surface area contributed by atoms with Gasteiger partial charge in [0, 0.05) is 36.2 Å². The van der Waals surface area contributed by atoms with Crippen molar-refractivity contribution >= 4 is 28.3 Å². The first-order chi connectivity index (χ1) is 12.6. The highest BCUT2D eigenvalue weighted by molar-refractivity contribution is 5.92. The van der Waals surface area contributed by atoms with Gasteiger partial charge in [0.2, 0.25) is 5.88 Å². The summed E-state index contributed by atoms with van der Waals surface area (Å²) < 4.78 is 5.45. The van der Waals surface area contributed by atoms with E-state index >= 15 is 0 Å². The Bertz CT molecular complexity index is 1090. The number of non-ortho nitro benzene ring substituents is 1. The van der Waals surface area contributed by atoms with Crippen LogP contribution in [0.5, 0.6) is 0 Å². The summed E-state index contributed by atoms with van der Waals surface area (Å²) in [5, 5.41) is 15.7. The van der Waals surface area contributed by atoms with Crippen LogP contribution in [0.1, 0.15) is 0 Å². The Kier molecular flexibility index (Phi) is 3.77. The molecule has 128 valence electrons. The molecule has 0 saturated carbocycles. The molecule has 0 radical (unpaired) electrons. The maximum atomic E-state index is 11.0. The lowest BCUT2D eigenvalue weighted by molar-refractivity contribution is -0.384. The number of nitro groups is 1. The Balaban J connectivity index is 1.74. The van der Waals surface area contributed by atoms with E-state index in [0.717, 1.165) is 5.56 Å². The van der Waals surface area contributed by atoms with Crippen LogP contribution in [0.3, 0.4) is 0 Å². The molecular weight excluding hydrogens is 334 g/mol. The maximum Gasteiger partial charge on any atom is 0.271 e. The molecule has 0 fully saturated rings. The van der Waals surface area contributed by atoms with Crippen molar-refractivity contribution in [3.8, 4) is 11.3 Å². The van der Waals surface area contributed by atoms with Crippen LogP contribution in [0.4, 0.5) is 17.4 Å². The molecule has 0 saturated heterocycles. The zero-order chi connectivity index (χ0) is 18.1. The zero-order valence-electron chi connectivity index (χ0n) is 13.7. The standard InChI is InChI=1S/C18H13N5O3/c1-22(17-10-15(21-26-17)12-5-3-2-4-6-12)18-14-8-7-13(23(24)25)9-16(14)19-11-20-18/h2-11H,1H3. The topological polar surface area (TPSA) is 98.2 Å². The van der Waals surface area contributed by atoms with Gasteiger partial charge in [0.05, 0.1) is 10.4 Å². The summed E-state index contributed by atoms with van der Waals surface area (Å²) >= 11 is 0. The number of anilines is 2. The van der Waals surface area contributed by atoms with Gasteiger partial charge in [-0.1, -0.05) is 35.5 Å². The molecular formula is C18H13N5O3. The van der Waals surface area contributed by atoms with E-state index in [0.29, 0.717) is 28.3 Å². The molecule has 0 aliphatic heterocycles. The van der Waals surface area contributed by atoms with Crippen LogP contribution in [-0.2, 0) is 0 Å². The highest BCUT2D eigenvalue weighted by atomic mass is 16.6. The second kappa shape index (κ2) is 6.25. The van der Waals surface area contributed by atoms with Crippen LogP contribution < -0.4 is 4.90 Å². The van der Waals surface area contributed by atoms with Gasteiger partial charge < -0.3 is 4.52 Å². The summed E-state index contributed by atoms with van der Waals surface area (Å²) in [6.45, 7) is 0. The Morgan fingerprint density at radius 3 is 2.65 bits per heavy atom. The number of benzene rings is 2. The molecule has 8 nitrogen and oxygen atoms in total. The van der Waals surface area contributed by atoms with Gasteiger partial charge in [0.15, 0.2) is 0 Å². The third kappa shape index (κ3) is 2.73. The third-order valence-electron chi connectivity index (χ3n) is 4.03. The first kappa shape index (κ1) is 15.7. The molecule has 0 spiro atoms. The average Bonchev–Trinajstić information content (AvgIpc) is 3.17. The number of nitro benzene ring substituents is 1. The van der Waals surface area contributed by atoms with Gasteiger partial charge >= 0.3 is 0 Å². The zero-order valence-corrected chi connectivity index (χ0v) is 13.7. The molecule has 2 aromatic carbocycles. The van der Waals surface area contributed by atoms with E-state index < -0.39 is 4.92 Å². The van der Waals surface area contributed by atoms with Gasteiger partial charge in [-0.2, -0.15) is 0 Å². The van der Waals surface area contributed by atoms with Gasteiger partial charge in [-0.05, 0) is 6.07 Å². The second-order valence-corrected chi connectivity index (χ2v) is 5.63. The highest BCUT2D eigenvalue weighted by Gasteiger charge is 2.17. The van der Waals surface area contributed by atoms with Crippen molar-refractivity contribution in [2.24, 2.45) is 0 Å². The quantitative estimate of drug-likeness (QED) is 0.407. The summed E-state index contributed by atoms with van der Waals surface area (Å²) in [5.74, 6) is 1.07. The van der Waals surface area contributed by atoms with E-state index in [1.807, 2.05) is 36.4 Å². The van der Waals surface area contributed by atoms with Crippen LogP contribution in [0.25, 0.3) is 22.2 Å². The summed E-state index contributed by atoms with van der Waals surface area (Å²) in [7, 11) is 1.79. The fourth-order valence-corrected chi connectivity index (χ4v) is 2.69. The Morgan fingerprint density at radius 1 is 1.08 bits per heavy atom. The molecule has 0 aliphatic carbocycles. The number of hydrogen-bond acceptors (Lipinski definition) is 7. The molecule has 2 heterocycles. The molecule has 2 aromatic heterocycles. The van der Waals surface area contributed by atoms with E-state index in [1.165, 1.54) is 18.5 Å². The summed E-state index contributed by atoms with van der Waals surface area (Å²) in [6.07, 6.45) is 1.37. The fourth-order valence-electron chi connectivity index (χ4n) is 2.69. The van der Waals surface area contributed by atoms with Crippen molar-refractivity contribution in [2.45, 2.75) is 0 Å². The molecule has 0 bridgehead atoms. The predicted molar refractivity (Wildman–Crippen MR) is 96.2 cm³/mol. The number of nitrogens with zero attached hydrogens (tertiary/aromatic N) is 5. The SMILES string of the molecule is CN(c1cc(-c2ccccc2)no1)c1ncnc2cc([N+](=O)[O-])ccc12. The maximum absolute atomic E-state index is 11.0. The average molecular weight is 347 g/mol. The van der Waals surface area contributed by atoms with Crippen LogP contribution in [-0.4, -0.2) is 27.1 Å². The van der Waals surface area contributed by atoms with Gasteiger partial charge in [0.25, 0.3) is 5.69 Å². The summed E-state index contributed by atoms with van der Waals surface area (Å²) in [5.41, 5.74) is 2.12. The van der Waals surface area contributed by atoms with Crippen molar-refractivity contribution in [1.29, 1.82) is 0 Å². The van der Waals surface area contributed by atoms with Crippen LogP contribution in [0.2, 0.25) is 0 Å². The van der Waals surface area contributed by atoms with E-state index in [2.05, 4.69) is 15.1 Å². The van der Waals surface area contributed by atoms with E-state index in [9.17, 15) is 10.1 Å². The predicted octanol–water partition coefficient (Wildman–Crippen LogP) is 3.96. The minimum atomic E-state index is -0.451. The van der Waals surface area contributed by atoms with Crippen molar-refractivity contribution in [2.75, 3.05) is 11.9 Å². The van der Waals surface area contributed by atoms with Crippen molar-refractivity contribution in [1.82, 2.24) is 15.1 Å². The lowest BCUT2D eigenvalue weighted by Crippen LogP contribution is -2.11. The van der Waals surface area contributed by atoms with Crippen molar-refractivity contribution in [3.63, 3.8) is 0 Å². The van der Waals surface area contributed by atoms with Gasteiger partial charge in [-0.15, -0.1) is 0 Å². The number of rotatable bonds is 4. The van der Waals surface area contributed by atoms with E-state index in [4.69, 9.17) is 4.52 Å². The number of hydrogen-bond donors (Lipinski definition) is 0. The van der Waals surface area contributed by atoms with Crippen molar-refractivity contribution < 1.29 is 9.45 Å². The van der Waals surface area contributed by atoms with Gasteiger partial charge in [-0.25, -0.2) is 9.97 Å². The first-order valence-corrected chi connectivity index (χ1v) is 7.78. The summed E-state index contributed by atoms with van der Waals surface area (Å²) in [6, 6.07) is 16.0. The lowest BCUT2D eigenvalue weighted by Gasteiger charge is -2.15. The van der Waals surface area contributed by atoms with Crippen LogP contribution >= 0.6 is 0 Å². The molecule has 0 amide bonds. The molecule has 8 heteroatoms. The number of fused-ring (bicyclic) bond motifs is 1. The van der Waals surface area contributed by atoms with Crippen LogP contribution in [0, 0.1) is 10.1 Å². The Morgan fingerprint density at radius 2 is 1.88 bits per heavy atom. The molecule has 4 rings (SSSR count). The second-order valence-electron chi connectivity index (χ2n) is 5.63. The molecule has 26 heavy (non-hydrogen) atoms. The highest BCUT2D eigenvalue weighted by Crippen LogP contribution is 2.31. The van der Waals surface area contributed by atoms with E-state index in [-0.39, 0.29) is 5.69 Å². The summed E-state index contributed by atoms with van der Waals surface area (Å²) in [4.78, 5) is 20.7. The molecule has 0 unspecified atom stereocenters. The molecule has 4 aromatic rings. The molecule has 0 atom stereocenters. The largest absolute Gasteiger partial charge is 0.338 e. The van der Waals surface area contributed by atoms with Gasteiger partial charge in [-0.3, -0.25) is 15.0 Å². The Labute approximate surface area is 147 Å².